The number of anilines is 2. The maximum absolute atomic E-state index is 14.1. The second kappa shape index (κ2) is 8.32. The monoisotopic (exact) mass is 396 g/mol. The number of carbonyl (C=O) groups is 1. The van der Waals surface area contributed by atoms with Gasteiger partial charge in [-0.1, -0.05) is 30.3 Å². The number of nitrogens with zero attached hydrogens (tertiary/aromatic N) is 3. The van der Waals surface area contributed by atoms with Gasteiger partial charge in [0.1, 0.15) is 23.1 Å². The van der Waals surface area contributed by atoms with Crippen LogP contribution < -0.4 is 5.32 Å². The zero-order valence-electron chi connectivity index (χ0n) is 15.4. The predicted octanol–water partition coefficient (Wildman–Crippen LogP) is 3.64. The summed E-state index contributed by atoms with van der Waals surface area (Å²) < 4.78 is 32.6. The van der Waals surface area contributed by atoms with Gasteiger partial charge in [0.15, 0.2) is 5.82 Å². The van der Waals surface area contributed by atoms with Crippen molar-refractivity contribution in [2.45, 2.75) is 0 Å². The Labute approximate surface area is 166 Å². The Hall–Kier alpha value is -3.39. The normalized spacial score (nSPS) is 13.9. The predicted molar refractivity (Wildman–Crippen MR) is 104 cm³/mol. The summed E-state index contributed by atoms with van der Waals surface area (Å²) in [6, 6.07) is 13.8. The zero-order chi connectivity index (χ0) is 20.2. The standard InChI is InChI=1S/C21H18F2N4O2/c22-15-6-7-17(16(23)12-15)24-19-13-18(21(28)27-8-10-29-11-9-27)25-20(26-19)14-4-2-1-3-5-14/h1-7,12-13H,8-11H2,(H,24,25,26). The van der Waals surface area contributed by atoms with Gasteiger partial charge in [0.05, 0.1) is 18.9 Å². The molecule has 1 aliphatic rings. The third-order valence-corrected chi connectivity index (χ3v) is 4.47. The molecule has 6 nitrogen and oxygen atoms in total. The van der Waals surface area contributed by atoms with E-state index in [1.54, 1.807) is 4.90 Å². The van der Waals surface area contributed by atoms with Crippen LogP contribution >= 0.6 is 0 Å². The molecule has 0 aliphatic carbocycles. The van der Waals surface area contributed by atoms with Gasteiger partial charge in [-0.05, 0) is 12.1 Å². The molecule has 1 aromatic heterocycles. The van der Waals surface area contributed by atoms with Crippen LogP contribution in [0, 0.1) is 11.6 Å². The minimum atomic E-state index is -0.758. The first kappa shape index (κ1) is 18.9. The number of aromatic nitrogens is 2. The van der Waals surface area contributed by atoms with Crippen LogP contribution in [0.2, 0.25) is 0 Å². The molecule has 8 heteroatoms. The molecule has 29 heavy (non-hydrogen) atoms. The van der Waals surface area contributed by atoms with Crippen LogP contribution in [0.15, 0.2) is 54.6 Å². The molecular weight excluding hydrogens is 378 g/mol. The van der Waals surface area contributed by atoms with Gasteiger partial charge >= 0.3 is 0 Å². The molecule has 0 atom stereocenters. The largest absolute Gasteiger partial charge is 0.378 e. The van der Waals surface area contributed by atoms with Crippen LogP contribution in [0.1, 0.15) is 10.5 Å². The molecule has 0 spiro atoms. The minimum absolute atomic E-state index is 0.0499. The maximum atomic E-state index is 14.1. The van der Waals surface area contributed by atoms with Crippen molar-refractivity contribution >= 4 is 17.4 Å². The van der Waals surface area contributed by atoms with Crippen molar-refractivity contribution in [1.29, 1.82) is 0 Å². The summed E-state index contributed by atoms with van der Waals surface area (Å²) in [5.41, 5.74) is 0.950. The number of morpholine rings is 1. The lowest BCUT2D eigenvalue weighted by molar-refractivity contribution is 0.0299. The molecule has 1 N–H and O–H groups in total. The lowest BCUT2D eigenvalue weighted by Crippen LogP contribution is -2.41. The summed E-state index contributed by atoms with van der Waals surface area (Å²) in [7, 11) is 0. The van der Waals surface area contributed by atoms with Gasteiger partial charge in [0.25, 0.3) is 5.91 Å². The molecule has 2 heterocycles. The fourth-order valence-electron chi connectivity index (χ4n) is 2.99. The SMILES string of the molecule is O=C(c1cc(Nc2ccc(F)cc2F)nc(-c2ccccc2)n1)N1CCOCC1. The van der Waals surface area contributed by atoms with Gasteiger partial charge in [0, 0.05) is 30.8 Å². The van der Waals surface area contributed by atoms with Crippen LogP contribution in [-0.2, 0) is 4.74 Å². The molecule has 0 unspecified atom stereocenters. The van der Waals surface area contributed by atoms with Gasteiger partial charge in [-0.15, -0.1) is 0 Å². The first-order valence-electron chi connectivity index (χ1n) is 9.14. The van der Waals surface area contributed by atoms with E-state index in [9.17, 15) is 13.6 Å². The lowest BCUT2D eigenvalue weighted by Gasteiger charge is -2.26. The van der Waals surface area contributed by atoms with E-state index in [-0.39, 0.29) is 23.1 Å². The summed E-state index contributed by atoms with van der Waals surface area (Å²) in [6.07, 6.45) is 0. The smallest absolute Gasteiger partial charge is 0.272 e. The van der Waals surface area contributed by atoms with Crippen molar-refractivity contribution in [1.82, 2.24) is 14.9 Å². The Kier molecular flexibility index (Phi) is 5.44. The van der Waals surface area contributed by atoms with Crippen LogP contribution in [0.25, 0.3) is 11.4 Å². The Morgan fingerprint density at radius 1 is 1.00 bits per heavy atom. The molecule has 1 saturated heterocycles. The maximum Gasteiger partial charge on any atom is 0.272 e. The molecule has 0 bridgehead atoms. The highest BCUT2D eigenvalue weighted by Gasteiger charge is 2.22. The Morgan fingerprint density at radius 3 is 2.48 bits per heavy atom. The van der Waals surface area contributed by atoms with Crippen molar-refractivity contribution in [2.24, 2.45) is 0 Å². The highest BCUT2D eigenvalue weighted by Crippen LogP contribution is 2.23. The van der Waals surface area contributed by atoms with Crippen LogP contribution in [-0.4, -0.2) is 47.1 Å². The van der Waals surface area contributed by atoms with E-state index in [0.717, 1.165) is 12.1 Å². The van der Waals surface area contributed by atoms with E-state index in [1.165, 1.54) is 12.1 Å². The van der Waals surface area contributed by atoms with E-state index in [1.807, 2.05) is 30.3 Å². The van der Waals surface area contributed by atoms with Crippen molar-refractivity contribution in [3.63, 3.8) is 0 Å². The lowest BCUT2D eigenvalue weighted by atomic mass is 10.2. The van der Waals surface area contributed by atoms with Crippen molar-refractivity contribution in [3.8, 4) is 11.4 Å². The molecule has 3 aromatic rings. The topological polar surface area (TPSA) is 67.4 Å². The Balaban J connectivity index is 1.72. The number of carbonyl (C=O) groups excluding carboxylic acids is 1. The van der Waals surface area contributed by atoms with Gasteiger partial charge in [0.2, 0.25) is 0 Å². The number of halogens is 2. The van der Waals surface area contributed by atoms with Gasteiger partial charge < -0.3 is 15.0 Å². The van der Waals surface area contributed by atoms with Crippen molar-refractivity contribution in [2.75, 3.05) is 31.6 Å². The average molecular weight is 396 g/mol. The number of hydrogen-bond donors (Lipinski definition) is 1. The number of rotatable bonds is 4. The minimum Gasteiger partial charge on any atom is -0.378 e. The number of nitrogens with one attached hydrogen (secondary N) is 1. The quantitative estimate of drug-likeness (QED) is 0.729. The summed E-state index contributed by atoms with van der Waals surface area (Å²) >= 11 is 0. The summed E-state index contributed by atoms with van der Waals surface area (Å²) in [6.45, 7) is 1.88. The van der Waals surface area contributed by atoms with Crippen molar-refractivity contribution in [3.05, 3.63) is 71.9 Å². The van der Waals surface area contributed by atoms with Gasteiger partial charge in [-0.25, -0.2) is 18.7 Å². The molecular formula is C21H18F2N4O2. The van der Waals surface area contributed by atoms with Gasteiger partial charge in [-0.3, -0.25) is 4.79 Å². The fourth-order valence-corrected chi connectivity index (χ4v) is 2.99. The van der Waals surface area contributed by atoms with Gasteiger partial charge in [-0.2, -0.15) is 0 Å². The molecule has 2 aromatic carbocycles. The number of hydrogen-bond acceptors (Lipinski definition) is 5. The van der Waals surface area contributed by atoms with Crippen LogP contribution in [0.5, 0.6) is 0 Å². The highest BCUT2D eigenvalue weighted by atomic mass is 19.1. The van der Waals surface area contributed by atoms with E-state index in [2.05, 4.69) is 15.3 Å². The number of amides is 1. The van der Waals surface area contributed by atoms with E-state index >= 15 is 0 Å². The number of ether oxygens (including phenoxy) is 1. The molecule has 4 rings (SSSR count). The first-order chi connectivity index (χ1) is 14.1. The Bertz CT molecular complexity index is 1020. The van der Waals surface area contributed by atoms with Crippen LogP contribution in [0.3, 0.4) is 0 Å². The molecule has 0 saturated carbocycles. The fraction of sp³-hybridized carbons (Fsp3) is 0.190. The third kappa shape index (κ3) is 4.38. The molecule has 148 valence electrons. The summed E-state index contributed by atoms with van der Waals surface area (Å²) in [5, 5.41) is 2.82. The average Bonchev–Trinajstić information content (AvgIpc) is 2.76. The molecule has 1 amide bonds. The summed E-state index contributed by atoms with van der Waals surface area (Å²) in [4.78, 5) is 23.4. The molecule has 0 radical (unpaired) electrons. The highest BCUT2D eigenvalue weighted by molar-refractivity contribution is 5.93. The van der Waals surface area contributed by atoms with Crippen molar-refractivity contribution < 1.29 is 18.3 Å². The first-order valence-corrected chi connectivity index (χ1v) is 9.14. The third-order valence-electron chi connectivity index (χ3n) is 4.47. The molecule has 1 aliphatic heterocycles. The molecule has 1 fully saturated rings. The second-order valence-corrected chi connectivity index (χ2v) is 6.48. The number of benzene rings is 2. The second-order valence-electron chi connectivity index (χ2n) is 6.48. The van der Waals surface area contributed by atoms with Crippen LogP contribution in [0.4, 0.5) is 20.3 Å². The van der Waals surface area contributed by atoms with E-state index in [4.69, 9.17) is 4.74 Å². The summed E-state index contributed by atoms with van der Waals surface area (Å²) in [5.74, 6) is -1.12. The van der Waals surface area contributed by atoms with E-state index in [0.29, 0.717) is 37.7 Å². The zero-order valence-corrected chi connectivity index (χ0v) is 15.4. The van der Waals surface area contributed by atoms with E-state index < -0.39 is 11.6 Å². The Morgan fingerprint density at radius 2 is 1.76 bits per heavy atom.